The topological polar surface area (TPSA) is 63.6 Å². The van der Waals surface area contributed by atoms with E-state index in [1.165, 1.54) is 22.8 Å². The lowest BCUT2D eigenvalue weighted by atomic mass is 10.7. The van der Waals surface area contributed by atoms with Crippen LogP contribution < -0.4 is 0 Å². The Bertz CT molecular complexity index is 372. The fourth-order valence-corrected chi connectivity index (χ4v) is 2.20. The first-order chi connectivity index (χ1) is 5.17. The van der Waals surface area contributed by atoms with Crippen molar-refractivity contribution in [3.05, 3.63) is 16.8 Å². The zero-order chi connectivity index (χ0) is 8.32. The molecule has 6 heteroatoms. The van der Waals surface area contributed by atoms with Crippen LogP contribution in [0, 0.1) is 0 Å². The SMILES string of the molecule is O=C=NS(=O)(=O)c1ccsc1. The molecule has 58 valence electrons. The first-order valence-corrected chi connectivity index (χ1v) is 4.91. The van der Waals surface area contributed by atoms with Crippen molar-refractivity contribution in [2.75, 3.05) is 0 Å². The molecule has 0 radical (unpaired) electrons. The van der Waals surface area contributed by atoms with Crippen LogP contribution in [0.2, 0.25) is 0 Å². The van der Waals surface area contributed by atoms with Crippen molar-refractivity contribution < 1.29 is 13.2 Å². The van der Waals surface area contributed by atoms with Crippen molar-refractivity contribution in [2.24, 2.45) is 4.40 Å². The smallest absolute Gasteiger partial charge is 0.210 e. The second kappa shape index (κ2) is 2.96. The highest BCUT2D eigenvalue weighted by molar-refractivity contribution is 7.90. The average molecular weight is 189 g/mol. The maximum atomic E-state index is 10.9. The molecule has 1 aromatic heterocycles. The van der Waals surface area contributed by atoms with Crippen LogP contribution in [0.15, 0.2) is 26.1 Å². The Kier molecular flexibility index (Phi) is 2.19. The van der Waals surface area contributed by atoms with E-state index in [2.05, 4.69) is 4.40 Å². The first-order valence-electron chi connectivity index (χ1n) is 2.53. The molecule has 0 aliphatic rings. The van der Waals surface area contributed by atoms with E-state index in [1.807, 2.05) is 0 Å². The number of isocyanates is 1. The monoisotopic (exact) mass is 189 g/mol. The Labute approximate surface area is 67.3 Å². The third-order valence-corrected chi connectivity index (χ3v) is 2.95. The molecule has 0 saturated heterocycles. The van der Waals surface area contributed by atoms with Gasteiger partial charge in [-0.1, -0.05) is 4.40 Å². The van der Waals surface area contributed by atoms with Crippen LogP contribution in [0.1, 0.15) is 0 Å². The predicted octanol–water partition coefficient (Wildman–Crippen LogP) is 0.773. The Morgan fingerprint density at radius 3 is 2.73 bits per heavy atom. The molecule has 0 atom stereocenters. The lowest BCUT2D eigenvalue weighted by Gasteiger charge is -1.86. The van der Waals surface area contributed by atoms with Crippen LogP contribution in [0.4, 0.5) is 0 Å². The maximum absolute atomic E-state index is 10.9. The molecule has 0 saturated carbocycles. The van der Waals surface area contributed by atoms with Crippen molar-refractivity contribution >= 4 is 27.4 Å². The van der Waals surface area contributed by atoms with Gasteiger partial charge >= 0.3 is 0 Å². The van der Waals surface area contributed by atoms with Gasteiger partial charge in [0.1, 0.15) is 4.90 Å². The first kappa shape index (κ1) is 8.13. The number of hydrogen-bond acceptors (Lipinski definition) is 4. The number of sulfonamides is 1. The molecular formula is C5H3NO3S2. The fourth-order valence-electron chi connectivity index (χ4n) is 0.501. The lowest BCUT2D eigenvalue weighted by molar-refractivity contribution is 0.563. The van der Waals surface area contributed by atoms with Gasteiger partial charge in [0, 0.05) is 5.38 Å². The number of nitrogens with zero attached hydrogens (tertiary/aromatic N) is 1. The van der Waals surface area contributed by atoms with Crippen molar-refractivity contribution in [1.29, 1.82) is 0 Å². The van der Waals surface area contributed by atoms with Crippen LogP contribution in [-0.2, 0) is 14.8 Å². The molecule has 0 N–H and O–H groups in total. The van der Waals surface area contributed by atoms with Gasteiger partial charge in [-0.25, -0.2) is 4.79 Å². The number of carbonyl (C=O) groups excluding carboxylic acids is 1. The number of thiophene rings is 1. The summed E-state index contributed by atoms with van der Waals surface area (Å²) in [5.41, 5.74) is 0. The van der Waals surface area contributed by atoms with Crippen LogP contribution in [-0.4, -0.2) is 14.5 Å². The molecule has 0 unspecified atom stereocenters. The molecule has 1 rings (SSSR count). The standard InChI is InChI=1S/C5H3NO3S2/c7-4-6-11(8,9)5-1-2-10-3-5/h1-3H. The number of hydrogen-bond donors (Lipinski definition) is 0. The van der Waals surface area contributed by atoms with E-state index in [0.29, 0.717) is 0 Å². The summed E-state index contributed by atoms with van der Waals surface area (Å²) < 4.78 is 24.4. The van der Waals surface area contributed by atoms with Crippen molar-refractivity contribution in [3.8, 4) is 0 Å². The molecule has 0 aliphatic carbocycles. The molecule has 0 spiro atoms. The van der Waals surface area contributed by atoms with E-state index in [4.69, 9.17) is 0 Å². The predicted molar refractivity (Wildman–Crippen MR) is 39.6 cm³/mol. The van der Waals surface area contributed by atoms with Crippen LogP contribution >= 0.6 is 11.3 Å². The summed E-state index contributed by atoms with van der Waals surface area (Å²) in [7, 11) is -3.76. The molecule has 0 aliphatic heterocycles. The van der Waals surface area contributed by atoms with Gasteiger partial charge in [0.05, 0.1) is 0 Å². The van der Waals surface area contributed by atoms with Crippen LogP contribution in [0.25, 0.3) is 0 Å². The molecule has 0 amide bonds. The highest BCUT2D eigenvalue weighted by atomic mass is 32.2. The highest BCUT2D eigenvalue weighted by Gasteiger charge is 2.11. The normalized spacial score (nSPS) is 10.5. The third-order valence-electron chi connectivity index (χ3n) is 0.950. The minimum Gasteiger partial charge on any atom is -0.210 e. The van der Waals surface area contributed by atoms with Gasteiger partial charge in [-0.15, -0.1) is 0 Å². The zero-order valence-corrected chi connectivity index (χ0v) is 6.85. The van der Waals surface area contributed by atoms with E-state index < -0.39 is 10.0 Å². The summed E-state index contributed by atoms with van der Waals surface area (Å²) in [6.07, 6.45) is 0.988. The van der Waals surface area contributed by atoms with E-state index in [1.54, 1.807) is 5.38 Å². The molecule has 0 bridgehead atoms. The van der Waals surface area contributed by atoms with Gasteiger partial charge < -0.3 is 0 Å². The van der Waals surface area contributed by atoms with Crippen LogP contribution in [0.3, 0.4) is 0 Å². The van der Waals surface area contributed by atoms with Gasteiger partial charge in [-0.05, 0) is 11.4 Å². The third kappa shape index (κ3) is 1.74. The van der Waals surface area contributed by atoms with Crippen molar-refractivity contribution in [3.63, 3.8) is 0 Å². The molecular weight excluding hydrogens is 186 g/mol. The van der Waals surface area contributed by atoms with Crippen molar-refractivity contribution in [2.45, 2.75) is 4.90 Å². The summed E-state index contributed by atoms with van der Waals surface area (Å²) in [4.78, 5) is 9.68. The minimum atomic E-state index is -3.76. The second-order valence-corrected chi connectivity index (χ2v) is 4.00. The molecule has 4 nitrogen and oxygen atoms in total. The van der Waals surface area contributed by atoms with Gasteiger partial charge in [-0.2, -0.15) is 19.8 Å². The van der Waals surface area contributed by atoms with Gasteiger partial charge in [-0.3, -0.25) is 0 Å². The van der Waals surface area contributed by atoms with Crippen LogP contribution in [0.5, 0.6) is 0 Å². The summed E-state index contributed by atoms with van der Waals surface area (Å²) in [5.74, 6) is 0. The van der Waals surface area contributed by atoms with E-state index in [0.717, 1.165) is 6.08 Å². The van der Waals surface area contributed by atoms with Gasteiger partial charge in [0.25, 0.3) is 16.1 Å². The summed E-state index contributed by atoms with van der Waals surface area (Å²) in [5, 5.41) is 2.99. The summed E-state index contributed by atoms with van der Waals surface area (Å²) in [6.45, 7) is 0. The fraction of sp³-hybridized carbons (Fsp3) is 0. The maximum Gasteiger partial charge on any atom is 0.293 e. The van der Waals surface area contributed by atoms with E-state index in [9.17, 15) is 13.2 Å². The summed E-state index contributed by atoms with van der Waals surface area (Å²) >= 11 is 1.22. The average Bonchev–Trinajstić information content (AvgIpc) is 2.37. The molecule has 11 heavy (non-hydrogen) atoms. The van der Waals surface area contributed by atoms with Gasteiger partial charge in [0.15, 0.2) is 0 Å². The van der Waals surface area contributed by atoms with Crippen molar-refractivity contribution in [1.82, 2.24) is 0 Å². The summed E-state index contributed by atoms with van der Waals surface area (Å²) in [6, 6.07) is 1.38. The Hall–Kier alpha value is -0.970. The highest BCUT2D eigenvalue weighted by Crippen LogP contribution is 2.14. The number of rotatable bonds is 2. The van der Waals surface area contributed by atoms with E-state index in [-0.39, 0.29) is 4.90 Å². The largest absolute Gasteiger partial charge is 0.293 e. The molecule has 1 aromatic rings. The van der Waals surface area contributed by atoms with Gasteiger partial charge in [0.2, 0.25) is 0 Å². The Balaban J connectivity index is 3.22. The molecule has 1 heterocycles. The Morgan fingerprint density at radius 2 is 2.27 bits per heavy atom. The molecule has 0 aromatic carbocycles. The Morgan fingerprint density at radius 1 is 1.55 bits per heavy atom. The zero-order valence-electron chi connectivity index (χ0n) is 5.22. The van der Waals surface area contributed by atoms with E-state index >= 15 is 0 Å². The minimum absolute atomic E-state index is 0.0332. The lowest BCUT2D eigenvalue weighted by Crippen LogP contribution is -1.92. The molecule has 0 fully saturated rings. The second-order valence-electron chi connectivity index (χ2n) is 1.62. The quantitative estimate of drug-likeness (QED) is 0.510.